The SMILES string of the molecule is C=C(C)c1cc(Cl)ccc1OC.C=S(=C)(NC(C)=O)c1cc2c(cc1CC)OCC(C)C2.CC. The summed E-state index contributed by atoms with van der Waals surface area (Å²) in [5.74, 6) is 10.5. The summed E-state index contributed by atoms with van der Waals surface area (Å²) in [6.07, 6.45) is 1.88. The van der Waals surface area contributed by atoms with Crippen molar-refractivity contribution in [1.82, 2.24) is 4.72 Å². The van der Waals surface area contributed by atoms with E-state index in [0.29, 0.717) is 10.9 Å². The first-order valence-electron chi connectivity index (χ1n) is 11.5. The van der Waals surface area contributed by atoms with Crippen molar-refractivity contribution < 1.29 is 14.3 Å². The number of carbonyl (C=O) groups excluding carboxylic acids is 1. The van der Waals surface area contributed by atoms with Gasteiger partial charge in [-0.25, -0.2) is 0 Å². The van der Waals surface area contributed by atoms with Crippen molar-refractivity contribution in [3.05, 3.63) is 58.6 Å². The highest BCUT2D eigenvalue weighted by Crippen LogP contribution is 2.38. The molecular weight excluding hydrogens is 466 g/mol. The Morgan fingerprint density at radius 3 is 2.41 bits per heavy atom. The third-order valence-electron chi connectivity index (χ3n) is 5.10. The maximum atomic E-state index is 11.4. The molecule has 2 aromatic rings. The Morgan fingerprint density at radius 2 is 1.88 bits per heavy atom. The molecule has 1 amide bonds. The van der Waals surface area contributed by atoms with Crippen LogP contribution in [0.1, 0.15) is 58.2 Å². The molecule has 4 nitrogen and oxygen atoms in total. The summed E-state index contributed by atoms with van der Waals surface area (Å²) >= 11 is 5.82. The second-order valence-corrected chi connectivity index (χ2v) is 11.1. The highest BCUT2D eigenvalue weighted by atomic mass is 35.5. The van der Waals surface area contributed by atoms with Crippen LogP contribution in [-0.4, -0.2) is 31.4 Å². The number of allylic oxidation sites excluding steroid dienone is 1. The maximum Gasteiger partial charge on any atom is 0.226 e. The number of hydrogen-bond acceptors (Lipinski definition) is 3. The highest BCUT2D eigenvalue weighted by Gasteiger charge is 2.20. The molecule has 6 heteroatoms. The Hall–Kier alpha value is -2.37. The zero-order chi connectivity index (χ0) is 26.1. The largest absolute Gasteiger partial charge is 0.496 e. The minimum Gasteiger partial charge on any atom is -0.496 e. The highest BCUT2D eigenvalue weighted by molar-refractivity contribution is 8.26. The summed E-state index contributed by atoms with van der Waals surface area (Å²) in [6.45, 7) is 16.3. The van der Waals surface area contributed by atoms with Gasteiger partial charge in [0.25, 0.3) is 0 Å². The Morgan fingerprint density at radius 1 is 1.24 bits per heavy atom. The number of amides is 1. The number of methoxy groups -OCH3 is 1. The van der Waals surface area contributed by atoms with E-state index < -0.39 is 9.39 Å². The second kappa shape index (κ2) is 13.5. The quantitative estimate of drug-likeness (QED) is 0.433. The molecule has 0 aliphatic carbocycles. The molecule has 0 spiro atoms. The van der Waals surface area contributed by atoms with E-state index in [2.05, 4.69) is 49.0 Å². The predicted octanol–water partition coefficient (Wildman–Crippen LogP) is 7.31. The van der Waals surface area contributed by atoms with E-state index in [1.54, 1.807) is 13.2 Å². The van der Waals surface area contributed by atoms with E-state index in [9.17, 15) is 4.79 Å². The summed E-state index contributed by atoms with van der Waals surface area (Å²) in [7, 11) is -0.174. The predicted molar refractivity (Wildman–Crippen MR) is 152 cm³/mol. The Balaban J connectivity index is 0.000000353. The molecule has 0 bridgehead atoms. The van der Waals surface area contributed by atoms with E-state index in [-0.39, 0.29) is 5.91 Å². The molecule has 0 saturated carbocycles. The zero-order valence-electron chi connectivity index (χ0n) is 21.7. The molecule has 0 fully saturated rings. The lowest BCUT2D eigenvalue weighted by Gasteiger charge is -2.27. The van der Waals surface area contributed by atoms with Gasteiger partial charge in [0.1, 0.15) is 11.5 Å². The van der Waals surface area contributed by atoms with Crippen LogP contribution in [0.2, 0.25) is 5.02 Å². The number of ether oxygens (including phenoxy) is 2. The van der Waals surface area contributed by atoms with E-state index in [0.717, 1.165) is 52.5 Å². The van der Waals surface area contributed by atoms with Crippen molar-refractivity contribution in [2.45, 2.75) is 59.3 Å². The number of nitrogens with one attached hydrogen (secondary N) is 1. The van der Waals surface area contributed by atoms with Gasteiger partial charge < -0.3 is 14.2 Å². The number of hydrogen-bond donors (Lipinski definition) is 1. The van der Waals surface area contributed by atoms with Gasteiger partial charge in [0.2, 0.25) is 5.91 Å². The van der Waals surface area contributed by atoms with E-state index >= 15 is 0 Å². The fourth-order valence-corrected chi connectivity index (χ4v) is 5.49. The van der Waals surface area contributed by atoms with Crippen molar-refractivity contribution in [2.24, 2.45) is 5.92 Å². The molecule has 0 saturated heterocycles. The van der Waals surface area contributed by atoms with Gasteiger partial charge in [-0.3, -0.25) is 4.79 Å². The standard InChI is InChI=1S/C16H23NO2S.C10H11ClO.C2H6/c1-6-13-8-15-14(7-11(2)10-19-15)9-16(13)20(4,5)17-12(3)18;1-7(2)9-6-8(11)4-5-10(9)12-3;1-2/h8-9,11H,4-7,10H2,1-3H3,(H,17,18);4-6H,1H2,2-3H3;1-2H3. The fraction of sp³-hybridized carbons (Fsp3) is 0.393. The van der Waals surface area contributed by atoms with Gasteiger partial charge in [-0.2, -0.15) is 0 Å². The first-order chi connectivity index (χ1) is 16.0. The van der Waals surface area contributed by atoms with Crippen LogP contribution in [0.4, 0.5) is 0 Å². The first kappa shape index (κ1) is 29.7. The van der Waals surface area contributed by atoms with Crippen LogP contribution in [0.15, 0.2) is 41.8 Å². The average Bonchev–Trinajstić information content (AvgIpc) is 2.79. The number of carbonyl (C=O) groups is 1. The summed E-state index contributed by atoms with van der Waals surface area (Å²) in [6, 6.07) is 9.72. The lowest BCUT2D eigenvalue weighted by Crippen LogP contribution is -2.20. The van der Waals surface area contributed by atoms with Crippen LogP contribution in [0.5, 0.6) is 11.5 Å². The first-order valence-corrected chi connectivity index (χ1v) is 13.9. The molecule has 1 N–H and O–H groups in total. The number of fused-ring (bicyclic) bond motifs is 1. The number of benzene rings is 2. The van der Waals surface area contributed by atoms with Crippen molar-refractivity contribution >= 4 is 44.2 Å². The van der Waals surface area contributed by atoms with E-state index in [1.165, 1.54) is 12.5 Å². The lowest BCUT2D eigenvalue weighted by atomic mass is 9.97. The van der Waals surface area contributed by atoms with Gasteiger partial charge in [0.15, 0.2) is 0 Å². The van der Waals surface area contributed by atoms with E-state index in [1.807, 2.05) is 32.9 Å². The molecule has 1 unspecified atom stereocenters. The monoisotopic (exact) mass is 505 g/mol. The molecule has 2 aromatic carbocycles. The van der Waals surface area contributed by atoms with Crippen molar-refractivity contribution in [3.63, 3.8) is 0 Å². The van der Waals surface area contributed by atoms with Crippen LogP contribution in [0.25, 0.3) is 5.57 Å². The molecule has 0 aromatic heterocycles. The van der Waals surface area contributed by atoms with Gasteiger partial charge in [-0.1, -0.05) is 57.6 Å². The van der Waals surface area contributed by atoms with E-state index in [4.69, 9.17) is 21.1 Å². The van der Waals surface area contributed by atoms with Gasteiger partial charge >= 0.3 is 0 Å². The Kier molecular flexibility index (Phi) is 11.8. The summed E-state index contributed by atoms with van der Waals surface area (Å²) in [5.41, 5.74) is 4.27. The average molecular weight is 506 g/mol. The minimum absolute atomic E-state index is 0.0885. The zero-order valence-corrected chi connectivity index (χ0v) is 23.3. The molecule has 1 atom stereocenters. The van der Waals surface area contributed by atoms with Crippen LogP contribution < -0.4 is 14.2 Å². The summed E-state index contributed by atoms with van der Waals surface area (Å²) in [5, 5.41) is 0.703. The van der Waals surface area contributed by atoms with Crippen molar-refractivity contribution in [2.75, 3.05) is 13.7 Å². The van der Waals surface area contributed by atoms with Crippen LogP contribution in [-0.2, 0) is 17.6 Å². The smallest absolute Gasteiger partial charge is 0.226 e. The molecule has 0 radical (unpaired) electrons. The Bertz CT molecular complexity index is 1110. The minimum atomic E-state index is -1.81. The summed E-state index contributed by atoms with van der Waals surface area (Å²) < 4.78 is 13.9. The van der Waals surface area contributed by atoms with Crippen molar-refractivity contribution in [3.8, 4) is 11.5 Å². The van der Waals surface area contributed by atoms with Crippen LogP contribution in [0, 0.1) is 5.92 Å². The normalized spacial score (nSPS) is 14.2. The third-order valence-corrected chi connectivity index (χ3v) is 7.23. The Labute approximate surface area is 211 Å². The van der Waals surface area contributed by atoms with Gasteiger partial charge in [0, 0.05) is 22.4 Å². The van der Waals surface area contributed by atoms with Crippen LogP contribution >= 0.6 is 21.0 Å². The topological polar surface area (TPSA) is 47.6 Å². The number of aryl methyl sites for hydroxylation is 1. The number of rotatable bonds is 5. The second-order valence-electron chi connectivity index (χ2n) is 8.21. The van der Waals surface area contributed by atoms with Gasteiger partial charge in [-0.15, -0.1) is 9.39 Å². The molecule has 1 aliphatic heterocycles. The molecule has 188 valence electrons. The van der Waals surface area contributed by atoms with Crippen molar-refractivity contribution in [1.29, 1.82) is 0 Å². The summed E-state index contributed by atoms with van der Waals surface area (Å²) in [4.78, 5) is 12.4. The maximum absolute atomic E-state index is 11.4. The molecule has 1 aliphatic rings. The van der Waals surface area contributed by atoms with Crippen LogP contribution in [0.3, 0.4) is 0 Å². The van der Waals surface area contributed by atoms with Gasteiger partial charge in [0.05, 0.1) is 13.7 Å². The number of halogens is 1. The van der Waals surface area contributed by atoms with Gasteiger partial charge in [-0.05, 0) is 72.7 Å². The molecule has 34 heavy (non-hydrogen) atoms. The molecule has 1 heterocycles. The molecule has 3 rings (SSSR count). The fourth-order valence-electron chi connectivity index (χ4n) is 3.59. The molecular formula is C28H40ClNO3S. The lowest BCUT2D eigenvalue weighted by molar-refractivity contribution is -0.117. The third kappa shape index (κ3) is 8.14.